The van der Waals surface area contributed by atoms with Crippen LogP contribution in [0.15, 0.2) is 78.9 Å². The predicted octanol–water partition coefficient (Wildman–Crippen LogP) is 5.21. The Hall–Kier alpha value is -3.11. The highest BCUT2D eigenvalue weighted by Crippen LogP contribution is 2.22. The molecule has 3 rings (SSSR count). The first-order chi connectivity index (χ1) is 14.0. The first-order valence-electron chi connectivity index (χ1n) is 9.35. The standard InChI is InChI=1S/C24H22ClNO3/c1-17(25)24(28)26-22-13-11-21(12-14-22)20-9-7-18(8-10-20)15-23(27)29-16-19-5-3-2-4-6-19/h2-14,17H,15-16H2,1H3,(H,26,28). The van der Waals surface area contributed by atoms with Crippen LogP contribution in [0, 0.1) is 0 Å². The topological polar surface area (TPSA) is 55.4 Å². The molecule has 4 nitrogen and oxygen atoms in total. The van der Waals surface area contributed by atoms with Gasteiger partial charge in [-0.15, -0.1) is 11.6 Å². The van der Waals surface area contributed by atoms with Crippen LogP contribution in [0.4, 0.5) is 5.69 Å². The van der Waals surface area contributed by atoms with Gasteiger partial charge in [-0.05, 0) is 41.3 Å². The third-order valence-corrected chi connectivity index (χ3v) is 4.59. The number of amides is 1. The fraction of sp³-hybridized carbons (Fsp3) is 0.167. The number of hydrogen-bond donors (Lipinski definition) is 1. The third-order valence-electron chi connectivity index (χ3n) is 4.39. The lowest BCUT2D eigenvalue weighted by Crippen LogP contribution is -2.20. The molecule has 3 aromatic carbocycles. The van der Waals surface area contributed by atoms with Gasteiger partial charge >= 0.3 is 5.97 Å². The molecule has 0 aliphatic rings. The number of rotatable bonds is 7. The van der Waals surface area contributed by atoms with E-state index in [9.17, 15) is 9.59 Å². The molecule has 5 heteroatoms. The Morgan fingerprint density at radius 1 is 0.862 bits per heavy atom. The van der Waals surface area contributed by atoms with Gasteiger partial charge in [0.2, 0.25) is 5.91 Å². The van der Waals surface area contributed by atoms with E-state index in [2.05, 4.69) is 5.32 Å². The molecular weight excluding hydrogens is 386 g/mol. The summed E-state index contributed by atoms with van der Waals surface area (Å²) < 4.78 is 5.33. The average molecular weight is 408 g/mol. The van der Waals surface area contributed by atoms with E-state index in [1.165, 1.54) is 0 Å². The summed E-state index contributed by atoms with van der Waals surface area (Å²) in [6.45, 7) is 1.91. The Bertz CT molecular complexity index is 952. The van der Waals surface area contributed by atoms with E-state index in [4.69, 9.17) is 16.3 Å². The van der Waals surface area contributed by atoms with E-state index in [0.717, 1.165) is 22.3 Å². The van der Waals surface area contributed by atoms with E-state index in [1.54, 1.807) is 6.92 Å². The molecule has 0 heterocycles. The van der Waals surface area contributed by atoms with Crippen molar-refractivity contribution in [3.05, 3.63) is 90.0 Å². The van der Waals surface area contributed by atoms with Gasteiger partial charge < -0.3 is 10.1 Å². The highest BCUT2D eigenvalue weighted by molar-refractivity contribution is 6.32. The van der Waals surface area contributed by atoms with E-state index >= 15 is 0 Å². The quantitative estimate of drug-likeness (QED) is 0.432. The highest BCUT2D eigenvalue weighted by atomic mass is 35.5. The number of benzene rings is 3. The van der Waals surface area contributed by atoms with Gasteiger partial charge in [-0.25, -0.2) is 0 Å². The molecule has 0 saturated carbocycles. The van der Waals surface area contributed by atoms with E-state index in [0.29, 0.717) is 5.69 Å². The zero-order valence-electron chi connectivity index (χ0n) is 16.1. The lowest BCUT2D eigenvalue weighted by Gasteiger charge is -2.09. The summed E-state index contributed by atoms with van der Waals surface area (Å²) in [4.78, 5) is 23.7. The minimum absolute atomic E-state index is 0.231. The summed E-state index contributed by atoms with van der Waals surface area (Å²) >= 11 is 5.76. The monoisotopic (exact) mass is 407 g/mol. The second-order valence-electron chi connectivity index (χ2n) is 6.70. The number of alkyl halides is 1. The van der Waals surface area contributed by atoms with Gasteiger partial charge in [-0.2, -0.15) is 0 Å². The minimum Gasteiger partial charge on any atom is -0.461 e. The van der Waals surface area contributed by atoms with E-state index in [-0.39, 0.29) is 24.9 Å². The molecule has 0 aliphatic carbocycles. The van der Waals surface area contributed by atoms with Crippen molar-refractivity contribution in [2.45, 2.75) is 25.3 Å². The zero-order chi connectivity index (χ0) is 20.6. The first kappa shape index (κ1) is 20.6. The van der Waals surface area contributed by atoms with Crippen LogP contribution in [0.2, 0.25) is 0 Å². The molecule has 1 atom stereocenters. The van der Waals surface area contributed by atoms with Crippen molar-refractivity contribution in [2.24, 2.45) is 0 Å². The third kappa shape index (κ3) is 6.19. The maximum absolute atomic E-state index is 12.0. The van der Waals surface area contributed by atoms with Crippen molar-refractivity contribution in [1.82, 2.24) is 0 Å². The number of hydrogen-bond acceptors (Lipinski definition) is 3. The van der Waals surface area contributed by atoms with Crippen LogP contribution in [0.3, 0.4) is 0 Å². The number of esters is 1. The van der Waals surface area contributed by atoms with Crippen molar-refractivity contribution < 1.29 is 14.3 Å². The zero-order valence-corrected chi connectivity index (χ0v) is 16.9. The summed E-state index contributed by atoms with van der Waals surface area (Å²) in [7, 11) is 0. The van der Waals surface area contributed by atoms with Gasteiger partial charge in [0.25, 0.3) is 0 Å². The van der Waals surface area contributed by atoms with Crippen molar-refractivity contribution in [3.63, 3.8) is 0 Å². The Morgan fingerprint density at radius 2 is 1.45 bits per heavy atom. The van der Waals surface area contributed by atoms with E-state index in [1.807, 2.05) is 78.9 Å². The average Bonchev–Trinajstić information content (AvgIpc) is 2.74. The normalized spacial score (nSPS) is 11.5. The van der Waals surface area contributed by atoms with Crippen LogP contribution in [-0.2, 0) is 27.4 Å². The molecule has 1 amide bonds. The van der Waals surface area contributed by atoms with Crippen LogP contribution in [0.5, 0.6) is 0 Å². The number of carbonyl (C=O) groups is 2. The second kappa shape index (κ2) is 9.89. The van der Waals surface area contributed by atoms with Crippen LogP contribution in [-0.4, -0.2) is 17.3 Å². The summed E-state index contributed by atoms with van der Waals surface area (Å²) in [6, 6.07) is 24.9. The lowest BCUT2D eigenvalue weighted by atomic mass is 10.0. The number of anilines is 1. The molecular formula is C24H22ClNO3. The SMILES string of the molecule is CC(Cl)C(=O)Nc1ccc(-c2ccc(CC(=O)OCc3ccccc3)cc2)cc1. The summed E-state index contributed by atoms with van der Waals surface area (Å²) in [5.74, 6) is -0.488. The molecule has 1 N–H and O–H groups in total. The van der Waals surface area contributed by atoms with Crippen molar-refractivity contribution in [3.8, 4) is 11.1 Å². The van der Waals surface area contributed by atoms with Crippen LogP contribution < -0.4 is 5.32 Å². The highest BCUT2D eigenvalue weighted by Gasteiger charge is 2.09. The second-order valence-corrected chi connectivity index (χ2v) is 7.36. The Balaban J connectivity index is 1.55. The Labute approximate surface area is 175 Å². The maximum Gasteiger partial charge on any atom is 0.310 e. The summed E-state index contributed by atoms with van der Waals surface area (Å²) in [5, 5.41) is 2.17. The molecule has 148 valence electrons. The molecule has 0 radical (unpaired) electrons. The van der Waals surface area contributed by atoms with E-state index < -0.39 is 5.38 Å². The first-order valence-corrected chi connectivity index (χ1v) is 9.79. The largest absolute Gasteiger partial charge is 0.461 e. The molecule has 0 bridgehead atoms. The van der Waals surface area contributed by atoms with Gasteiger partial charge in [0.05, 0.1) is 6.42 Å². The predicted molar refractivity (Wildman–Crippen MR) is 116 cm³/mol. The molecule has 0 saturated heterocycles. The smallest absolute Gasteiger partial charge is 0.310 e. The molecule has 3 aromatic rings. The minimum atomic E-state index is -0.582. The molecule has 0 spiro atoms. The van der Waals surface area contributed by atoms with Crippen molar-refractivity contribution in [1.29, 1.82) is 0 Å². The van der Waals surface area contributed by atoms with Crippen LogP contribution in [0.25, 0.3) is 11.1 Å². The maximum atomic E-state index is 12.0. The number of halogens is 1. The summed E-state index contributed by atoms with van der Waals surface area (Å²) in [6.07, 6.45) is 0.231. The molecule has 1 unspecified atom stereocenters. The molecule has 0 aromatic heterocycles. The van der Waals surface area contributed by atoms with Crippen molar-refractivity contribution >= 4 is 29.2 Å². The molecule has 0 fully saturated rings. The number of carbonyl (C=O) groups excluding carboxylic acids is 2. The Kier molecular flexibility index (Phi) is 7.04. The molecule has 0 aliphatic heterocycles. The lowest BCUT2D eigenvalue weighted by molar-refractivity contribution is -0.144. The van der Waals surface area contributed by atoms with Gasteiger partial charge in [-0.3, -0.25) is 9.59 Å². The van der Waals surface area contributed by atoms with Gasteiger partial charge in [-0.1, -0.05) is 66.7 Å². The molecule has 29 heavy (non-hydrogen) atoms. The summed E-state index contributed by atoms with van der Waals surface area (Å²) in [5.41, 5.74) is 4.60. The van der Waals surface area contributed by atoms with Gasteiger partial charge in [0.15, 0.2) is 0 Å². The van der Waals surface area contributed by atoms with Crippen LogP contribution in [0.1, 0.15) is 18.1 Å². The van der Waals surface area contributed by atoms with Gasteiger partial charge in [0.1, 0.15) is 12.0 Å². The van der Waals surface area contributed by atoms with Gasteiger partial charge in [0, 0.05) is 5.69 Å². The van der Waals surface area contributed by atoms with Crippen LogP contribution >= 0.6 is 11.6 Å². The number of ether oxygens (including phenoxy) is 1. The Morgan fingerprint density at radius 3 is 2.03 bits per heavy atom. The van der Waals surface area contributed by atoms with Crippen molar-refractivity contribution in [2.75, 3.05) is 5.32 Å². The number of nitrogens with one attached hydrogen (secondary N) is 1. The fourth-order valence-electron chi connectivity index (χ4n) is 2.76. The fourth-order valence-corrected chi connectivity index (χ4v) is 2.81.